The molecule has 1 aromatic heterocycles. The summed E-state index contributed by atoms with van der Waals surface area (Å²) in [5.41, 5.74) is 1.90. The first-order chi connectivity index (χ1) is 14.5. The summed E-state index contributed by atoms with van der Waals surface area (Å²) in [4.78, 5) is 4.67. The number of piperazine rings is 1. The molecule has 2 atom stereocenters. The van der Waals surface area contributed by atoms with Crippen molar-refractivity contribution in [3.63, 3.8) is 0 Å². The molecule has 2 aliphatic heterocycles. The highest BCUT2D eigenvalue weighted by atomic mass is 32.2. The summed E-state index contributed by atoms with van der Waals surface area (Å²) in [5, 5.41) is 1.50. The molecule has 5 nitrogen and oxygen atoms in total. The summed E-state index contributed by atoms with van der Waals surface area (Å²) < 4.78 is 45.5. The van der Waals surface area contributed by atoms with Crippen LogP contribution < -0.4 is 4.90 Å². The SMILES string of the molecule is CCOC1CC(CCCN2CCN(c3ccc(F)cc3)CC2)S(=O)(=O)c2sccc21. The van der Waals surface area contributed by atoms with E-state index in [1.54, 1.807) is 0 Å². The number of benzene rings is 1. The van der Waals surface area contributed by atoms with Crippen LogP contribution in [-0.4, -0.2) is 57.9 Å². The van der Waals surface area contributed by atoms with E-state index in [4.69, 9.17) is 4.74 Å². The number of sulfone groups is 1. The Morgan fingerprint density at radius 1 is 1.13 bits per heavy atom. The molecule has 2 aliphatic rings. The first-order valence-corrected chi connectivity index (χ1v) is 13.1. The van der Waals surface area contributed by atoms with Crippen molar-refractivity contribution in [1.82, 2.24) is 4.90 Å². The van der Waals surface area contributed by atoms with Crippen LogP contribution in [0.4, 0.5) is 10.1 Å². The highest BCUT2D eigenvalue weighted by Crippen LogP contribution is 2.42. The molecule has 164 valence electrons. The van der Waals surface area contributed by atoms with Gasteiger partial charge in [-0.25, -0.2) is 12.8 Å². The summed E-state index contributed by atoms with van der Waals surface area (Å²) >= 11 is 1.32. The molecule has 0 saturated carbocycles. The molecular formula is C22H29FN2O3S2. The van der Waals surface area contributed by atoms with Gasteiger partial charge in [0.05, 0.1) is 11.4 Å². The zero-order valence-corrected chi connectivity index (χ0v) is 18.9. The van der Waals surface area contributed by atoms with Crippen LogP contribution in [0.3, 0.4) is 0 Å². The van der Waals surface area contributed by atoms with Crippen molar-refractivity contribution in [3.05, 3.63) is 47.1 Å². The molecule has 0 aliphatic carbocycles. The Morgan fingerprint density at radius 2 is 1.87 bits per heavy atom. The maximum atomic E-state index is 13.1. The van der Waals surface area contributed by atoms with Gasteiger partial charge in [0.25, 0.3) is 0 Å². The van der Waals surface area contributed by atoms with Crippen molar-refractivity contribution < 1.29 is 17.5 Å². The van der Waals surface area contributed by atoms with Gasteiger partial charge >= 0.3 is 0 Å². The number of nitrogens with zero attached hydrogens (tertiary/aromatic N) is 2. The van der Waals surface area contributed by atoms with Crippen molar-refractivity contribution in [2.75, 3.05) is 44.2 Å². The molecule has 1 fully saturated rings. The topological polar surface area (TPSA) is 49.9 Å². The quantitative estimate of drug-likeness (QED) is 0.633. The highest BCUT2D eigenvalue weighted by molar-refractivity contribution is 7.94. The number of fused-ring (bicyclic) bond motifs is 1. The van der Waals surface area contributed by atoms with Gasteiger partial charge in [0.1, 0.15) is 10.0 Å². The lowest BCUT2D eigenvalue weighted by atomic mass is 10.0. The van der Waals surface area contributed by atoms with Gasteiger partial charge in [-0.05, 0) is 68.4 Å². The van der Waals surface area contributed by atoms with Crippen LogP contribution in [0.25, 0.3) is 0 Å². The Balaban J connectivity index is 1.29. The lowest BCUT2D eigenvalue weighted by Crippen LogP contribution is -2.46. The molecule has 4 rings (SSSR count). The van der Waals surface area contributed by atoms with Crippen molar-refractivity contribution in [2.45, 2.75) is 41.7 Å². The summed E-state index contributed by atoms with van der Waals surface area (Å²) in [5.74, 6) is -0.212. The summed E-state index contributed by atoms with van der Waals surface area (Å²) in [7, 11) is -3.26. The fourth-order valence-electron chi connectivity index (χ4n) is 4.48. The summed E-state index contributed by atoms with van der Waals surface area (Å²) in [6.45, 7) is 7.12. The lowest BCUT2D eigenvalue weighted by Gasteiger charge is -2.36. The van der Waals surface area contributed by atoms with E-state index in [-0.39, 0.29) is 17.2 Å². The van der Waals surface area contributed by atoms with E-state index in [0.717, 1.165) is 50.4 Å². The Morgan fingerprint density at radius 3 is 2.57 bits per heavy atom. The fraction of sp³-hybridized carbons (Fsp3) is 0.545. The van der Waals surface area contributed by atoms with Crippen LogP contribution in [0.5, 0.6) is 0 Å². The van der Waals surface area contributed by atoms with Gasteiger partial charge in [0.2, 0.25) is 0 Å². The van der Waals surface area contributed by atoms with Crippen LogP contribution in [0.2, 0.25) is 0 Å². The minimum absolute atomic E-state index is 0.107. The minimum atomic E-state index is -3.26. The Hall–Kier alpha value is -1.48. The van der Waals surface area contributed by atoms with Gasteiger partial charge in [-0.1, -0.05) is 0 Å². The predicted octanol–water partition coefficient (Wildman–Crippen LogP) is 4.11. The molecule has 30 heavy (non-hydrogen) atoms. The second-order valence-electron chi connectivity index (χ2n) is 7.96. The molecule has 2 aromatic rings. The molecule has 0 bridgehead atoms. The second-order valence-corrected chi connectivity index (χ2v) is 11.3. The third-order valence-corrected chi connectivity index (χ3v) is 9.88. The monoisotopic (exact) mass is 452 g/mol. The average Bonchev–Trinajstić information content (AvgIpc) is 3.24. The van der Waals surface area contributed by atoms with Gasteiger partial charge in [0, 0.05) is 44.0 Å². The standard InChI is InChI=1S/C22H29FN2O3S2/c1-2-28-21-16-19(30(26,27)22-20(21)9-15-29-22)4-3-10-24-11-13-25(14-12-24)18-7-5-17(23)6-8-18/h5-9,15,19,21H,2-4,10-14,16H2,1H3. The Bertz CT molecular complexity index is 938. The van der Waals surface area contributed by atoms with Gasteiger partial charge < -0.3 is 9.64 Å². The third kappa shape index (κ3) is 4.56. The van der Waals surface area contributed by atoms with Gasteiger partial charge in [-0.15, -0.1) is 11.3 Å². The van der Waals surface area contributed by atoms with Crippen LogP contribution in [0.1, 0.15) is 37.9 Å². The first kappa shape index (κ1) is 21.7. The van der Waals surface area contributed by atoms with Crippen LogP contribution in [-0.2, 0) is 14.6 Å². The van der Waals surface area contributed by atoms with E-state index in [9.17, 15) is 12.8 Å². The van der Waals surface area contributed by atoms with Crippen LogP contribution in [0, 0.1) is 5.82 Å². The smallest absolute Gasteiger partial charge is 0.191 e. The van der Waals surface area contributed by atoms with Crippen molar-refractivity contribution in [2.24, 2.45) is 0 Å². The number of ether oxygens (including phenoxy) is 1. The van der Waals surface area contributed by atoms with Gasteiger partial charge in [0.15, 0.2) is 9.84 Å². The third-order valence-electron chi connectivity index (χ3n) is 6.11. The largest absolute Gasteiger partial charge is 0.374 e. The normalized spacial score (nSPS) is 24.0. The van der Waals surface area contributed by atoms with E-state index in [1.807, 2.05) is 30.5 Å². The first-order valence-electron chi connectivity index (χ1n) is 10.6. The predicted molar refractivity (Wildman–Crippen MR) is 119 cm³/mol. The molecule has 3 heterocycles. The molecule has 0 radical (unpaired) electrons. The van der Waals surface area contributed by atoms with E-state index < -0.39 is 9.84 Å². The average molecular weight is 453 g/mol. The second kappa shape index (κ2) is 9.34. The summed E-state index contributed by atoms with van der Waals surface area (Å²) in [6, 6.07) is 8.55. The Labute approximate surface area is 182 Å². The lowest BCUT2D eigenvalue weighted by molar-refractivity contribution is 0.0512. The number of halogens is 1. The van der Waals surface area contributed by atoms with Gasteiger partial charge in [-0.2, -0.15) is 0 Å². The maximum Gasteiger partial charge on any atom is 0.191 e. The van der Waals surface area contributed by atoms with E-state index in [1.165, 1.54) is 23.5 Å². The zero-order valence-electron chi connectivity index (χ0n) is 17.3. The van der Waals surface area contributed by atoms with Crippen molar-refractivity contribution in [1.29, 1.82) is 0 Å². The molecule has 8 heteroatoms. The fourth-order valence-corrected chi connectivity index (χ4v) is 8.00. The number of anilines is 1. The molecule has 0 amide bonds. The molecule has 0 spiro atoms. The molecule has 1 aromatic carbocycles. The maximum absolute atomic E-state index is 13.1. The van der Waals surface area contributed by atoms with E-state index in [2.05, 4.69) is 9.80 Å². The molecule has 0 N–H and O–H groups in total. The molecule has 1 saturated heterocycles. The molecular weight excluding hydrogens is 423 g/mol. The van der Waals surface area contributed by atoms with E-state index in [0.29, 0.717) is 23.7 Å². The molecule has 2 unspecified atom stereocenters. The van der Waals surface area contributed by atoms with Gasteiger partial charge in [-0.3, -0.25) is 4.90 Å². The number of rotatable bonds is 7. The number of hydrogen-bond acceptors (Lipinski definition) is 6. The zero-order chi connectivity index (χ0) is 21.1. The number of thiophene rings is 1. The summed E-state index contributed by atoms with van der Waals surface area (Å²) in [6.07, 6.45) is 1.98. The van der Waals surface area contributed by atoms with E-state index >= 15 is 0 Å². The van der Waals surface area contributed by atoms with Crippen LogP contribution >= 0.6 is 11.3 Å². The minimum Gasteiger partial charge on any atom is -0.374 e. The highest BCUT2D eigenvalue weighted by Gasteiger charge is 2.40. The van der Waals surface area contributed by atoms with Crippen LogP contribution in [0.15, 0.2) is 39.9 Å². The van der Waals surface area contributed by atoms with Crippen molar-refractivity contribution >= 4 is 26.9 Å². The van der Waals surface area contributed by atoms with Crippen molar-refractivity contribution in [3.8, 4) is 0 Å². The number of hydrogen-bond donors (Lipinski definition) is 0. The Kier molecular flexibility index (Phi) is 6.77.